The summed E-state index contributed by atoms with van der Waals surface area (Å²) in [5.74, 6) is 0.992. The normalized spacial score (nSPS) is 16.3. The molecule has 0 saturated heterocycles. The van der Waals surface area contributed by atoms with Gasteiger partial charge >= 0.3 is 0 Å². The summed E-state index contributed by atoms with van der Waals surface area (Å²) in [7, 11) is 0. The number of furan rings is 1. The number of hydrogen-bond acceptors (Lipinski definition) is 3. The van der Waals surface area contributed by atoms with Gasteiger partial charge in [0.2, 0.25) is 5.91 Å². The molecule has 1 fully saturated rings. The van der Waals surface area contributed by atoms with Crippen molar-refractivity contribution in [2.75, 3.05) is 0 Å². The molecule has 0 bridgehead atoms. The van der Waals surface area contributed by atoms with Crippen LogP contribution < -0.4 is 10.6 Å². The molecule has 106 valence electrons. The maximum absolute atomic E-state index is 11.9. The highest BCUT2D eigenvalue weighted by molar-refractivity contribution is 5.83. The van der Waals surface area contributed by atoms with Crippen LogP contribution in [0.5, 0.6) is 0 Å². The number of rotatable bonds is 5. The molecule has 1 amide bonds. The van der Waals surface area contributed by atoms with Gasteiger partial charge in [0.05, 0.1) is 6.04 Å². The van der Waals surface area contributed by atoms with Gasteiger partial charge in [0.15, 0.2) is 0 Å². The Bertz CT molecular complexity index is 628. The van der Waals surface area contributed by atoms with E-state index in [2.05, 4.69) is 16.7 Å². The highest BCUT2D eigenvalue weighted by Gasteiger charge is 2.25. The predicted molar refractivity (Wildman–Crippen MR) is 78.4 cm³/mol. The Labute approximate surface area is 118 Å². The molecule has 1 aliphatic rings. The number of carbonyl (C=O) groups is 1. The van der Waals surface area contributed by atoms with Crippen molar-refractivity contribution in [2.24, 2.45) is 0 Å². The number of hydrogen-bond donors (Lipinski definition) is 2. The largest absolute Gasteiger partial charge is 0.461 e. The summed E-state index contributed by atoms with van der Waals surface area (Å²) in [4.78, 5) is 11.9. The van der Waals surface area contributed by atoms with Crippen molar-refractivity contribution in [1.82, 2.24) is 10.6 Å². The zero-order chi connectivity index (χ0) is 14.1. The molecule has 1 unspecified atom stereocenters. The highest BCUT2D eigenvalue weighted by Crippen LogP contribution is 2.25. The Kier molecular flexibility index (Phi) is 3.49. The molecule has 3 rings (SSSR count). The number of aryl methyl sites for hydroxylation is 1. The van der Waals surface area contributed by atoms with Crippen LogP contribution in [0, 0.1) is 6.92 Å². The molecule has 0 radical (unpaired) electrons. The van der Waals surface area contributed by atoms with Crippen LogP contribution >= 0.6 is 0 Å². The molecule has 4 nitrogen and oxygen atoms in total. The van der Waals surface area contributed by atoms with Crippen molar-refractivity contribution in [2.45, 2.75) is 45.3 Å². The van der Waals surface area contributed by atoms with E-state index < -0.39 is 0 Å². The molecule has 20 heavy (non-hydrogen) atoms. The Balaban J connectivity index is 1.66. The third kappa shape index (κ3) is 2.70. The lowest BCUT2D eigenvalue weighted by atomic mass is 10.1. The van der Waals surface area contributed by atoms with Gasteiger partial charge in [0.25, 0.3) is 0 Å². The maximum atomic E-state index is 11.9. The van der Waals surface area contributed by atoms with E-state index in [9.17, 15) is 4.79 Å². The number of fused-ring (bicyclic) bond motifs is 1. The second-order valence-corrected chi connectivity index (χ2v) is 5.52. The molecule has 4 heteroatoms. The van der Waals surface area contributed by atoms with Crippen LogP contribution in [0.4, 0.5) is 0 Å². The van der Waals surface area contributed by atoms with Gasteiger partial charge in [-0.3, -0.25) is 4.79 Å². The topological polar surface area (TPSA) is 54.3 Å². The third-order valence-electron chi connectivity index (χ3n) is 3.80. The number of carbonyl (C=O) groups excluding carboxylic acids is 1. The Morgan fingerprint density at radius 2 is 2.15 bits per heavy atom. The van der Waals surface area contributed by atoms with E-state index in [0.29, 0.717) is 12.6 Å². The molecule has 0 spiro atoms. The fourth-order valence-electron chi connectivity index (χ4n) is 2.34. The van der Waals surface area contributed by atoms with Crippen molar-refractivity contribution in [3.05, 3.63) is 35.6 Å². The predicted octanol–water partition coefficient (Wildman–Crippen LogP) is 2.50. The highest BCUT2D eigenvalue weighted by atomic mass is 16.3. The number of nitrogens with one attached hydrogen (secondary N) is 2. The molecule has 1 heterocycles. The molecular formula is C16H20N2O2. The Morgan fingerprint density at radius 1 is 1.40 bits per heavy atom. The van der Waals surface area contributed by atoms with E-state index in [1.54, 1.807) is 0 Å². The fourth-order valence-corrected chi connectivity index (χ4v) is 2.34. The molecule has 0 aliphatic heterocycles. The van der Waals surface area contributed by atoms with Crippen LogP contribution in [0.3, 0.4) is 0 Å². The maximum Gasteiger partial charge on any atom is 0.237 e. The SMILES string of the molecule is Cc1oc2ccccc2c1CNC(C)C(=O)NC1CC1. The first-order valence-electron chi connectivity index (χ1n) is 7.16. The van der Waals surface area contributed by atoms with Gasteiger partial charge in [-0.25, -0.2) is 0 Å². The smallest absolute Gasteiger partial charge is 0.237 e. The van der Waals surface area contributed by atoms with Crippen molar-refractivity contribution in [1.29, 1.82) is 0 Å². The summed E-state index contributed by atoms with van der Waals surface area (Å²) in [5.41, 5.74) is 2.03. The lowest BCUT2D eigenvalue weighted by Crippen LogP contribution is -2.42. The van der Waals surface area contributed by atoms with E-state index in [1.807, 2.05) is 32.0 Å². The zero-order valence-corrected chi connectivity index (χ0v) is 11.9. The average molecular weight is 272 g/mol. The first kappa shape index (κ1) is 13.2. The fraction of sp³-hybridized carbons (Fsp3) is 0.438. The number of para-hydroxylation sites is 1. The van der Waals surface area contributed by atoms with Crippen LogP contribution in [-0.2, 0) is 11.3 Å². The molecule has 1 aliphatic carbocycles. The Morgan fingerprint density at radius 3 is 2.90 bits per heavy atom. The van der Waals surface area contributed by atoms with Crippen LogP contribution in [0.15, 0.2) is 28.7 Å². The van der Waals surface area contributed by atoms with Gasteiger partial charge in [0, 0.05) is 23.5 Å². The van der Waals surface area contributed by atoms with Crippen LogP contribution in [0.1, 0.15) is 31.1 Å². The van der Waals surface area contributed by atoms with E-state index in [0.717, 1.165) is 35.1 Å². The van der Waals surface area contributed by atoms with E-state index >= 15 is 0 Å². The monoisotopic (exact) mass is 272 g/mol. The summed E-state index contributed by atoms with van der Waals surface area (Å²) < 4.78 is 5.73. The molecule has 1 aromatic heterocycles. The molecule has 2 N–H and O–H groups in total. The first-order chi connectivity index (χ1) is 9.65. The van der Waals surface area contributed by atoms with Gasteiger partial charge < -0.3 is 15.1 Å². The second kappa shape index (κ2) is 5.29. The minimum Gasteiger partial charge on any atom is -0.461 e. The minimum atomic E-state index is -0.191. The van der Waals surface area contributed by atoms with E-state index in [4.69, 9.17) is 4.42 Å². The van der Waals surface area contributed by atoms with E-state index in [1.165, 1.54) is 0 Å². The molecule has 1 saturated carbocycles. The van der Waals surface area contributed by atoms with Gasteiger partial charge in [-0.15, -0.1) is 0 Å². The lowest BCUT2D eigenvalue weighted by Gasteiger charge is -2.13. The van der Waals surface area contributed by atoms with Crippen LogP contribution in [-0.4, -0.2) is 18.0 Å². The van der Waals surface area contributed by atoms with Crippen LogP contribution in [0.25, 0.3) is 11.0 Å². The quantitative estimate of drug-likeness (QED) is 0.879. The van der Waals surface area contributed by atoms with Crippen molar-refractivity contribution >= 4 is 16.9 Å². The van der Waals surface area contributed by atoms with Crippen molar-refractivity contribution in [3.63, 3.8) is 0 Å². The third-order valence-corrected chi connectivity index (χ3v) is 3.80. The van der Waals surface area contributed by atoms with Crippen LogP contribution in [0.2, 0.25) is 0 Å². The summed E-state index contributed by atoms with van der Waals surface area (Å²) in [6.07, 6.45) is 2.23. The number of benzene rings is 1. The van der Waals surface area contributed by atoms with Gasteiger partial charge in [0.1, 0.15) is 11.3 Å². The van der Waals surface area contributed by atoms with Crippen molar-refractivity contribution < 1.29 is 9.21 Å². The van der Waals surface area contributed by atoms with E-state index in [-0.39, 0.29) is 11.9 Å². The first-order valence-corrected chi connectivity index (χ1v) is 7.16. The second-order valence-electron chi connectivity index (χ2n) is 5.52. The summed E-state index contributed by atoms with van der Waals surface area (Å²) in [6, 6.07) is 8.21. The average Bonchev–Trinajstić information content (AvgIpc) is 3.18. The standard InChI is InChI=1S/C16H20N2O2/c1-10(16(19)18-12-7-8-12)17-9-14-11(2)20-15-6-4-3-5-13(14)15/h3-6,10,12,17H,7-9H2,1-2H3,(H,18,19). The van der Waals surface area contributed by atoms with Gasteiger partial charge in [-0.05, 0) is 32.8 Å². The number of amides is 1. The summed E-state index contributed by atoms with van der Waals surface area (Å²) in [6.45, 7) is 4.50. The summed E-state index contributed by atoms with van der Waals surface area (Å²) >= 11 is 0. The molecule has 1 aromatic carbocycles. The molecular weight excluding hydrogens is 252 g/mol. The minimum absolute atomic E-state index is 0.0814. The Hall–Kier alpha value is -1.81. The van der Waals surface area contributed by atoms with Gasteiger partial charge in [-0.1, -0.05) is 18.2 Å². The van der Waals surface area contributed by atoms with Gasteiger partial charge in [-0.2, -0.15) is 0 Å². The summed E-state index contributed by atoms with van der Waals surface area (Å²) in [5, 5.41) is 7.41. The lowest BCUT2D eigenvalue weighted by molar-refractivity contribution is -0.122. The molecule has 1 atom stereocenters. The van der Waals surface area contributed by atoms with Crippen molar-refractivity contribution in [3.8, 4) is 0 Å². The molecule has 2 aromatic rings. The zero-order valence-electron chi connectivity index (χ0n) is 11.9.